The number of halogens is 1. The van der Waals surface area contributed by atoms with Crippen LogP contribution in [0.2, 0.25) is 5.02 Å². The van der Waals surface area contributed by atoms with Crippen molar-refractivity contribution in [1.82, 2.24) is 9.55 Å². The second kappa shape index (κ2) is 7.62. The summed E-state index contributed by atoms with van der Waals surface area (Å²) in [7, 11) is 0. The third kappa shape index (κ3) is 3.30. The first kappa shape index (κ1) is 18.3. The molecule has 1 aromatic heterocycles. The lowest BCUT2D eigenvalue weighted by Gasteiger charge is -2.14. The molecule has 0 spiro atoms. The van der Waals surface area contributed by atoms with Gasteiger partial charge in [-0.25, -0.2) is 4.98 Å². The fourth-order valence-electron chi connectivity index (χ4n) is 3.64. The van der Waals surface area contributed by atoms with Crippen molar-refractivity contribution >= 4 is 45.4 Å². The minimum absolute atomic E-state index is 0.0901. The Bertz CT molecular complexity index is 1460. The smallest absolute Gasteiger partial charge is 0.266 e. The van der Waals surface area contributed by atoms with Crippen molar-refractivity contribution in [3.63, 3.8) is 0 Å². The van der Waals surface area contributed by atoms with Crippen LogP contribution in [0.25, 0.3) is 39.5 Å². The molecule has 5 aromatic rings. The monoisotopic (exact) mass is 408 g/mol. The summed E-state index contributed by atoms with van der Waals surface area (Å²) in [5.41, 5.74) is 2.38. The van der Waals surface area contributed by atoms with Crippen LogP contribution in [0.1, 0.15) is 11.4 Å². The van der Waals surface area contributed by atoms with Crippen LogP contribution in [0.4, 0.5) is 0 Å². The van der Waals surface area contributed by atoms with E-state index < -0.39 is 0 Å². The molecule has 0 aliphatic carbocycles. The standard InChI is InChI=1S/C26H17ClN2O/c27-20-15-12-18(13-16-20)14-17-25-28-23-10-4-3-9-22(23)26(30)29(25)24-11-5-7-19-6-1-2-8-21(19)24/h1-17H. The molecule has 0 amide bonds. The van der Waals surface area contributed by atoms with Crippen LogP contribution in [0.5, 0.6) is 0 Å². The summed E-state index contributed by atoms with van der Waals surface area (Å²) in [6, 6.07) is 29.0. The molecule has 5 rings (SSSR count). The zero-order chi connectivity index (χ0) is 20.5. The molecule has 0 saturated heterocycles. The van der Waals surface area contributed by atoms with E-state index in [1.807, 2.05) is 103 Å². The lowest BCUT2D eigenvalue weighted by Crippen LogP contribution is -2.22. The molecule has 3 nitrogen and oxygen atoms in total. The lowest BCUT2D eigenvalue weighted by molar-refractivity contribution is 0.952. The van der Waals surface area contributed by atoms with Crippen molar-refractivity contribution in [3.05, 3.63) is 118 Å². The van der Waals surface area contributed by atoms with Crippen LogP contribution < -0.4 is 5.56 Å². The van der Waals surface area contributed by atoms with E-state index in [0.29, 0.717) is 21.7 Å². The maximum atomic E-state index is 13.5. The average molecular weight is 409 g/mol. The highest BCUT2D eigenvalue weighted by molar-refractivity contribution is 6.30. The Labute approximate surface area is 178 Å². The molecule has 0 radical (unpaired) electrons. The van der Waals surface area contributed by atoms with Crippen molar-refractivity contribution in [2.45, 2.75) is 0 Å². The van der Waals surface area contributed by atoms with Crippen LogP contribution in [0, 0.1) is 0 Å². The molecule has 30 heavy (non-hydrogen) atoms. The van der Waals surface area contributed by atoms with Gasteiger partial charge in [0.05, 0.1) is 16.6 Å². The van der Waals surface area contributed by atoms with Gasteiger partial charge in [0.2, 0.25) is 0 Å². The number of fused-ring (bicyclic) bond motifs is 2. The Morgan fingerprint density at radius 2 is 1.43 bits per heavy atom. The van der Waals surface area contributed by atoms with Crippen molar-refractivity contribution in [2.24, 2.45) is 0 Å². The summed E-state index contributed by atoms with van der Waals surface area (Å²) in [6.45, 7) is 0. The topological polar surface area (TPSA) is 34.9 Å². The van der Waals surface area contributed by atoms with Gasteiger partial charge in [0.25, 0.3) is 5.56 Å². The number of hydrogen-bond donors (Lipinski definition) is 0. The van der Waals surface area contributed by atoms with E-state index in [4.69, 9.17) is 16.6 Å². The summed E-state index contributed by atoms with van der Waals surface area (Å²) in [5.74, 6) is 0.574. The van der Waals surface area contributed by atoms with Crippen LogP contribution >= 0.6 is 11.6 Å². The number of benzene rings is 4. The van der Waals surface area contributed by atoms with E-state index in [2.05, 4.69) is 0 Å². The maximum Gasteiger partial charge on any atom is 0.266 e. The minimum Gasteiger partial charge on any atom is -0.268 e. The molecular weight excluding hydrogens is 392 g/mol. The third-order valence-electron chi connectivity index (χ3n) is 5.10. The highest BCUT2D eigenvalue weighted by Gasteiger charge is 2.13. The van der Waals surface area contributed by atoms with Crippen LogP contribution in [0.3, 0.4) is 0 Å². The number of rotatable bonds is 3. The van der Waals surface area contributed by atoms with Gasteiger partial charge in [0.1, 0.15) is 5.82 Å². The van der Waals surface area contributed by atoms with E-state index in [-0.39, 0.29) is 5.56 Å². The Morgan fingerprint density at radius 1 is 0.733 bits per heavy atom. The van der Waals surface area contributed by atoms with Gasteiger partial charge in [-0.3, -0.25) is 9.36 Å². The van der Waals surface area contributed by atoms with Gasteiger partial charge >= 0.3 is 0 Å². The molecule has 0 aliphatic heterocycles. The first-order valence-electron chi connectivity index (χ1n) is 9.64. The number of para-hydroxylation sites is 1. The molecule has 0 aliphatic rings. The Morgan fingerprint density at radius 3 is 2.27 bits per heavy atom. The first-order chi connectivity index (χ1) is 14.7. The average Bonchev–Trinajstić information content (AvgIpc) is 2.79. The molecule has 4 aromatic carbocycles. The summed E-state index contributed by atoms with van der Waals surface area (Å²) < 4.78 is 1.69. The molecule has 144 valence electrons. The normalized spacial score (nSPS) is 11.5. The molecule has 1 heterocycles. The Kier molecular flexibility index (Phi) is 4.66. The summed E-state index contributed by atoms with van der Waals surface area (Å²) >= 11 is 5.99. The van der Waals surface area contributed by atoms with Crippen molar-refractivity contribution in [2.75, 3.05) is 0 Å². The summed E-state index contributed by atoms with van der Waals surface area (Å²) in [6.07, 6.45) is 3.81. The molecular formula is C26H17ClN2O. The van der Waals surface area contributed by atoms with E-state index in [1.165, 1.54) is 0 Å². The van der Waals surface area contributed by atoms with Crippen molar-refractivity contribution in [3.8, 4) is 5.69 Å². The predicted molar refractivity (Wildman–Crippen MR) is 125 cm³/mol. The Hall–Kier alpha value is -3.69. The Balaban J connectivity index is 1.79. The molecule has 0 saturated carbocycles. The van der Waals surface area contributed by atoms with Crippen molar-refractivity contribution in [1.29, 1.82) is 0 Å². The van der Waals surface area contributed by atoms with Crippen LogP contribution in [-0.4, -0.2) is 9.55 Å². The number of nitrogens with zero attached hydrogens (tertiary/aromatic N) is 2. The molecule has 0 fully saturated rings. The first-order valence-corrected chi connectivity index (χ1v) is 10.0. The maximum absolute atomic E-state index is 13.5. The molecule has 0 atom stereocenters. The quantitative estimate of drug-likeness (QED) is 0.348. The zero-order valence-corrected chi connectivity index (χ0v) is 16.8. The highest BCUT2D eigenvalue weighted by Crippen LogP contribution is 2.24. The van der Waals surface area contributed by atoms with E-state index in [9.17, 15) is 4.79 Å². The lowest BCUT2D eigenvalue weighted by atomic mass is 10.1. The fourth-order valence-corrected chi connectivity index (χ4v) is 3.77. The van der Waals surface area contributed by atoms with Gasteiger partial charge in [-0.15, -0.1) is 0 Å². The van der Waals surface area contributed by atoms with Crippen LogP contribution in [-0.2, 0) is 0 Å². The van der Waals surface area contributed by atoms with E-state index in [0.717, 1.165) is 22.0 Å². The summed E-state index contributed by atoms with van der Waals surface area (Å²) in [4.78, 5) is 18.3. The molecule has 0 unspecified atom stereocenters. The van der Waals surface area contributed by atoms with E-state index >= 15 is 0 Å². The second-order valence-electron chi connectivity index (χ2n) is 7.01. The van der Waals surface area contributed by atoms with Gasteiger partial charge in [-0.2, -0.15) is 0 Å². The molecule has 4 heteroatoms. The fraction of sp³-hybridized carbons (Fsp3) is 0. The molecule has 0 bridgehead atoms. The van der Waals surface area contributed by atoms with Crippen molar-refractivity contribution < 1.29 is 0 Å². The predicted octanol–water partition coefficient (Wildman–Crippen LogP) is 6.36. The van der Waals surface area contributed by atoms with Gasteiger partial charge in [0, 0.05) is 10.4 Å². The van der Waals surface area contributed by atoms with Gasteiger partial charge in [-0.1, -0.05) is 78.3 Å². The largest absolute Gasteiger partial charge is 0.268 e. The number of aromatic nitrogens is 2. The summed E-state index contributed by atoms with van der Waals surface area (Å²) in [5, 5.41) is 3.35. The highest BCUT2D eigenvalue weighted by atomic mass is 35.5. The minimum atomic E-state index is -0.0901. The van der Waals surface area contributed by atoms with Gasteiger partial charge in [-0.05, 0) is 47.4 Å². The van der Waals surface area contributed by atoms with Crippen LogP contribution in [0.15, 0.2) is 95.8 Å². The number of hydrogen-bond acceptors (Lipinski definition) is 2. The zero-order valence-electron chi connectivity index (χ0n) is 16.0. The third-order valence-corrected chi connectivity index (χ3v) is 5.36. The van der Waals surface area contributed by atoms with Gasteiger partial charge in [0.15, 0.2) is 0 Å². The SMILES string of the molecule is O=c1c2ccccc2nc(C=Cc2ccc(Cl)cc2)n1-c1cccc2ccccc12. The molecule has 0 N–H and O–H groups in total. The second-order valence-corrected chi connectivity index (χ2v) is 7.45. The van der Waals surface area contributed by atoms with E-state index in [1.54, 1.807) is 4.57 Å². The van der Waals surface area contributed by atoms with Gasteiger partial charge < -0.3 is 0 Å².